The third-order valence-corrected chi connectivity index (χ3v) is 3.39. The van der Waals surface area contributed by atoms with E-state index in [1.165, 1.54) is 6.07 Å². The van der Waals surface area contributed by atoms with E-state index in [2.05, 4.69) is 15.9 Å². The highest BCUT2D eigenvalue weighted by Gasteiger charge is 2.12. The maximum Gasteiger partial charge on any atom is 0.128 e. The van der Waals surface area contributed by atoms with E-state index in [0.717, 1.165) is 15.6 Å². The Balaban J connectivity index is 2.19. The third kappa shape index (κ3) is 3.18. The summed E-state index contributed by atoms with van der Waals surface area (Å²) in [6.45, 7) is 1.87. The van der Waals surface area contributed by atoms with Gasteiger partial charge in [0.2, 0.25) is 0 Å². The van der Waals surface area contributed by atoms with Gasteiger partial charge in [-0.2, -0.15) is 0 Å². The minimum Gasteiger partial charge on any atom is -0.324 e. The average Bonchev–Trinajstić information content (AvgIpc) is 2.28. The summed E-state index contributed by atoms with van der Waals surface area (Å²) in [5.41, 5.74) is 8.65. The van der Waals surface area contributed by atoms with Crippen molar-refractivity contribution in [2.75, 3.05) is 0 Å². The average molecular weight is 308 g/mol. The molecule has 0 aliphatic carbocycles. The zero-order chi connectivity index (χ0) is 13.1. The van der Waals surface area contributed by atoms with Gasteiger partial charge in [-0.3, -0.25) is 0 Å². The molecule has 0 aliphatic rings. The van der Waals surface area contributed by atoms with Gasteiger partial charge in [-0.15, -0.1) is 0 Å². The molecular weight excluding hydrogens is 293 g/mol. The Morgan fingerprint density at radius 3 is 2.67 bits per heavy atom. The van der Waals surface area contributed by atoms with Gasteiger partial charge in [-0.05, 0) is 42.7 Å². The Kier molecular flexibility index (Phi) is 4.15. The highest BCUT2D eigenvalue weighted by molar-refractivity contribution is 9.10. The van der Waals surface area contributed by atoms with Gasteiger partial charge in [-0.25, -0.2) is 4.39 Å². The Morgan fingerprint density at radius 2 is 2.00 bits per heavy atom. The third-order valence-electron chi connectivity index (χ3n) is 2.90. The van der Waals surface area contributed by atoms with Gasteiger partial charge in [0, 0.05) is 16.1 Å². The zero-order valence-electron chi connectivity index (χ0n) is 10.2. The van der Waals surface area contributed by atoms with E-state index in [9.17, 15) is 4.39 Å². The van der Waals surface area contributed by atoms with Crippen LogP contribution in [0.15, 0.2) is 46.9 Å². The Morgan fingerprint density at radius 1 is 1.22 bits per heavy atom. The van der Waals surface area contributed by atoms with Crippen LogP contribution in [0, 0.1) is 12.7 Å². The van der Waals surface area contributed by atoms with Crippen LogP contribution >= 0.6 is 15.9 Å². The molecule has 0 bridgehead atoms. The molecule has 0 fully saturated rings. The van der Waals surface area contributed by atoms with Crippen LogP contribution in [0.5, 0.6) is 0 Å². The first-order valence-electron chi connectivity index (χ1n) is 5.82. The summed E-state index contributed by atoms with van der Waals surface area (Å²) in [6.07, 6.45) is 0.624. The first-order valence-corrected chi connectivity index (χ1v) is 6.61. The van der Waals surface area contributed by atoms with E-state index >= 15 is 0 Å². The monoisotopic (exact) mass is 307 g/mol. The van der Waals surface area contributed by atoms with E-state index in [1.807, 2.05) is 37.3 Å². The molecule has 0 amide bonds. The molecule has 1 unspecified atom stereocenters. The van der Waals surface area contributed by atoms with Crippen LogP contribution in [0.4, 0.5) is 4.39 Å². The lowest BCUT2D eigenvalue weighted by molar-refractivity contribution is 0.579. The summed E-state index contributed by atoms with van der Waals surface area (Å²) in [5, 5.41) is 0. The molecule has 2 aromatic carbocycles. The van der Waals surface area contributed by atoms with Gasteiger partial charge in [0.1, 0.15) is 5.82 Å². The topological polar surface area (TPSA) is 26.0 Å². The van der Waals surface area contributed by atoms with E-state index in [1.54, 1.807) is 6.07 Å². The lowest BCUT2D eigenvalue weighted by Gasteiger charge is -2.13. The molecule has 3 heteroatoms. The van der Waals surface area contributed by atoms with Crippen molar-refractivity contribution >= 4 is 15.9 Å². The summed E-state index contributed by atoms with van der Waals surface area (Å²) in [6, 6.07) is 12.8. The maximum absolute atomic E-state index is 13.8. The van der Waals surface area contributed by atoms with Crippen LogP contribution < -0.4 is 5.73 Å². The van der Waals surface area contributed by atoms with E-state index in [0.29, 0.717) is 12.0 Å². The van der Waals surface area contributed by atoms with Crippen molar-refractivity contribution in [3.63, 3.8) is 0 Å². The second-order valence-electron chi connectivity index (χ2n) is 4.47. The molecule has 0 spiro atoms. The van der Waals surface area contributed by atoms with Crippen molar-refractivity contribution in [2.24, 2.45) is 5.73 Å². The van der Waals surface area contributed by atoms with E-state index in [-0.39, 0.29) is 11.9 Å². The Labute approximate surface area is 115 Å². The Hall–Kier alpha value is -1.19. The smallest absolute Gasteiger partial charge is 0.128 e. The summed E-state index contributed by atoms with van der Waals surface area (Å²) < 4.78 is 14.8. The van der Waals surface area contributed by atoms with Crippen molar-refractivity contribution in [1.82, 2.24) is 0 Å². The predicted octanol–water partition coefficient (Wildman–Crippen LogP) is 4.14. The number of hydrogen-bond donors (Lipinski definition) is 1. The van der Waals surface area contributed by atoms with Gasteiger partial charge in [0.05, 0.1) is 0 Å². The predicted molar refractivity (Wildman–Crippen MR) is 75.9 cm³/mol. The molecule has 0 heterocycles. The lowest BCUT2D eigenvalue weighted by atomic mass is 9.98. The normalized spacial score (nSPS) is 12.4. The zero-order valence-corrected chi connectivity index (χ0v) is 11.7. The number of nitrogens with two attached hydrogens (primary N) is 1. The molecule has 1 nitrogen and oxygen atoms in total. The molecule has 94 valence electrons. The second-order valence-corrected chi connectivity index (χ2v) is 5.38. The summed E-state index contributed by atoms with van der Waals surface area (Å²) >= 11 is 3.42. The first-order chi connectivity index (χ1) is 8.56. The SMILES string of the molecule is Cc1ccc(C(N)Cc2cccc(Br)c2)c(F)c1. The van der Waals surface area contributed by atoms with Crippen molar-refractivity contribution in [1.29, 1.82) is 0 Å². The minimum absolute atomic E-state index is 0.225. The number of rotatable bonds is 3. The van der Waals surface area contributed by atoms with Gasteiger partial charge in [-0.1, -0.05) is 40.2 Å². The van der Waals surface area contributed by atoms with Gasteiger partial charge >= 0.3 is 0 Å². The molecule has 0 saturated carbocycles. The van der Waals surface area contributed by atoms with Crippen LogP contribution in [-0.4, -0.2) is 0 Å². The fourth-order valence-corrected chi connectivity index (χ4v) is 2.41. The molecule has 2 aromatic rings. The van der Waals surface area contributed by atoms with Crippen molar-refractivity contribution in [3.8, 4) is 0 Å². The number of aryl methyl sites for hydroxylation is 1. The molecule has 2 rings (SSSR count). The largest absolute Gasteiger partial charge is 0.324 e. The quantitative estimate of drug-likeness (QED) is 0.906. The van der Waals surface area contributed by atoms with Gasteiger partial charge in [0.15, 0.2) is 0 Å². The standard InChI is InChI=1S/C15H15BrFN/c1-10-5-6-13(14(17)7-10)15(18)9-11-3-2-4-12(16)8-11/h2-8,15H,9,18H2,1H3. The fourth-order valence-electron chi connectivity index (χ4n) is 1.96. The van der Waals surface area contributed by atoms with Crippen LogP contribution in [0.2, 0.25) is 0 Å². The molecule has 1 atom stereocenters. The van der Waals surface area contributed by atoms with Crippen LogP contribution in [0.1, 0.15) is 22.7 Å². The molecule has 18 heavy (non-hydrogen) atoms. The summed E-state index contributed by atoms with van der Waals surface area (Å²) in [5.74, 6) is -0.225. The summed E-state index contributed by atoms with van der Waals surface area (Å²) in [7, 11) is 0. The molecule has 0 radical (unpaired) electrons. The lowest BCUT2D eigenvalue weighted by Crippen LogP contribution is -2.15. The molecule has 2 N–H and O–H groups in total. The number of benzene rings is 2. The minimum atomic E-state index is -0.320. The fraction of sp³-hybridized carbons (Fsp3) is 0.200. The maximum atomic E-state index is 13.8. The molecule has 0 saturated heterocycles. The first kappa shape index (κ1) is 13.2. The molecule has 0 aromatic heterocycles. The van der Waals surface area contributed by atoms with Crippen molar-refractivity contribution in [2.45, 2.75) is 19.4 Å². The number of hydrogen-bond acceptors (Lipinski definition) is 1. The van der Waals surface area contributed by atoms with Crippen LogP contribution in [0.25, 0.3) is 0 Å². The highest BCUT2D eigenvalue weighted by atomic mass is 79.9. The van der Waals surface area contributed by atoms with Gasteiger partial charge in [0.25, 0.3) is 0 Å². The van der Waals surface area contributed by atoms with Crippen LogP contribution in [-0.2, 0) is 6.42 Å². The number of halogens is 2. The van der Waals surface area contributed by atoms with Crippen LogP contribution in [0.3, 0.4) is 0 Å². The van der Waals surface area contributed by atoms with Crippen molar-refractivity contribution in [3.05, 3.63) is 69.4 Å². The Bertz CT molecular complexity index is 554. The van der Waals surface area contributed by atoms with E-state index < -0.39 is 0 Å². The second kappa shape index (κ2) is 5.63. The summed E-state index contributed by atoms with van der Waals surface area (Å²) in [4.78, 5) is 0. The molecule has 0 aliphatic heterocycles. The highest BCUT2D eigenvalue weighted by Crippen LogP contribution is 2.21. The van der Waals surface area contributed by atoms with Gasteiger partial charge < -0.3 is 5.73 Å². The molecular formula is C15H15BrFN. The van der Waals surface area contributed by atoms with Crippen molar-refractivity contribution < 1.29 is 4.39 Å². The van der Waals surface area contributed by atoms with E-state index in [4.69, 9.17) is 5.73 Å².